The summed E-state index contributed by atoms with van der Waals surface area (Å²) in [7, 11) is 1.78. The molecule has 31 heavy (non-hydrogen) atoms. The van der Waals surface area contributed by atoms with E-state index in [4.69, 9.17) is 4.74 Å². The number of rotatable bonds is 2. The number of ether oxygens (including phenoxy) is 1. The van der Waals surface area contributed by atoms with Crippen molar-refractivity contribution in [1.82, 2.24) is 0 Å². The molecule has 3 aromatic rings. The number of nitriles is 1. The summed E-state index contributed by atoms with van der Waals surface area (Å²) in [6, 6.07) is 27.2. The molecule has 0 aromatic heterocycles. The lowest BCUT2D eigenvalue weighted by Crippen LogP contribution is -2.45. The Labute approximate surface area is 181 Å². The lowest BCUT2D eigenvalue weighted by molar-refractivity contribution is -0.122. The van der Waals surface area contributed by atoms with E-state index in [9.17, 15) is 10.1 Å². The van der Waals surface area contributed by atoms with Crippen molar-refractivity contribution in [2.45, 2.75) is 6.92 Å². The minimum absolute atomic E-state index is 0.0372. The fraction of sp³-hybridized carbons (Fsp3) is 0.111. The van der Waals surface area contributed by atoms with Gasteiger partial charge in [0.05, 0.1) is 22.7 Å². The minimum Gasteiger partial charge on any atom is -0.456 e. The summed E-state index contributed by atoms with van der Waals surface area (Å²) in [5.74, 6) is 1.25. The van der Waals surface area contributed by atoms with Crippen molar-refractivity contribution in [2.75, 3.05) is 11.9 Å². The highest BCUT2D eigenvalue weighted by atomic mass is 16.5. The molecule has 0 saturated heterocycles. The number of hydrogen-bond donors (Lipinski definition) is 0. The molecular formula is C27H20N2O2. The third kappa shape index (κ3) is 2.86. The fourth-order valence-corrected chi connectivity index (χ4v) is 4.42. The van der Waals surface area contributed by atoms with Crippen LogP contribution in [-0.2, 0) is 9.53 Å². The summed E-state index contributed by atoms with van der Waals surface area (Å²) in [6.07, 6.45) is 1.91. The maximum absolute atomic E-state index is 13.7. The Balaban J connectivity index is 1.84. The van der Waals surface area contributed by atoms with Crippen LogP contribution < -0.4 is 4.90 Å². The molecule has 4 nitrogen and oxygen atoms in total. The van der Waals surface area contributed by atoms with Gasteiger partial charge in [-0.05, 0) is 31.2 Å². The van der Waals surface area contributed by atoms with Gasteiger partial charge in [0.1, 0.15) is 11.5 Å². The van der Waals surface area contributed by atoms with Crippen molar-refractivity contribution < 1.29 is 9.53 Å². The number of benzene rings is 3. The first-order chi connectivity index (χ1) is 15.0. The molecule has 150 valence electrons. The molecule has 0 bridgehead atoms. The summed E-state index contributed by atoms with van der Waals surface area (Å²) < 4.78 is 6.49. The zero-order chi connectivity index (χ0) is 21.6. The number of fused-ring (bicyclic) bond motifs is 3. The van der Waals surface area contributed by atoms with Gasteiger partial charge in [-0.2, -0.15) is 5.26 Å². The molecule has 2 aliphatic rings. The van der Waals surface area contributed by atoms with E-state index >= 15 is 0 Å². The molecule has 0 saturated carbocycles. The van der Waals surface area contributed by atoms with E-state index in [2.05, 4.69) is 6.07 Å². The normalized spacial score (nSPS) is 19.7. The van der Waals surface area contributed by atoms with E-state index in [1.165, 1.54) is 0 Å². The summed E-state index contributed by atoms with van der Waals surface area (Å²) in [6.45, 7) is 1.93. The molecule has 0 N–H and O–H groups in total. The van der Waals surface area contributed by atoms with Crippen LogP contribution in [0.25, 0.3) is 17.1 Å². The van der Waals surface area contributed by atoms with Crippen LogP contribution in [0.2, 0.25) is 0 Å². The van der Waals surface area contributed by atoms with Gasteiger partial charge in [0.2, 0.25) is 5.91 Å². The largest absolute Gasteiger partial charge is 0.456 e. The van der Waals surface area contributed by atoms with Crippen LogP contribution in [0, 0.1) is 16.7 Å². The van der Waals surface area contributed by atoms with Gasteiger partial charge in [-0.15, -0.1) is 0 Å². The van der Waals surface area contributed by atoms with Gasteiger partial charge in [0.25, 0.3) is 0 Å². The van der Waals surface area contributed by atoms with E-state index in [0.29, 0.717) is 17.1 Å². The Morgan fingerprint density at radius 1 is 0.935 bits per heavy atom. The Morgan fingerprint density at radius 3 is 2.23 bits per heavy atom. The van der Waals surface area contributed by atoms with Gasteiger partial charge in [-0.1, -0.05) is 60.7 Å². The van der Waals surface area contributed by atoms with Crippen LogP contribution in [0.3, 0.4) is 0 Å². The molecule has 5 rings (SSSR count). The average Bonchev–Trinajstić information content (AvgIpc) is 2.82. The second kappa shape index (κ2) is 7.00. The molecule has 4 heteroatoms. The molecule has 0 aliphatic carbocycles. The van der Waals surface area contributed by atoms with Gasteiger partial charge in [-0.3, -0.25) is 4.79 Å². The first kappa shape index (κ1) is 18.9. The molecule has 0 radical (unpaired) electrons. The minimum atomic E-state index is -0.940. The van der Waals surface area contributed by atoms with E-state index < -0.39 is 5.41 Å². The highest BCUT2D eigenvalue weighted by Gasteiger charge is 2.48. The molecule has 0 spiro atoms. The van der Waals surface area contributed by atoms with Gasteiger partial charge in [-0.25, -0.2) is 0 Å². The molecule has 2 heterocycles. The zero-order valence-electron chi connectivity index (χ0n) is 17.3. The Bertz CT molecular complexity index is 1300. The standard InChI is InChI=1S/C27H20N2O2/c1-27-16-23(19-9-5-3-6-10-19)31-25(20-11-7-4-8-12-20)24(27)21-15-18(17-28)13-14-22(21)29(2)26(27)30/h3-16H,1-2H3. The van der Waals surface area contributed by atoms with Crippen molar-refractivity contribution in [3.63, 3.8) is 0 Å². The van der Waals surface area contributed by atoms with E-state index in [-0.39, 0.29) is 5.91 Å². The van der Waals surface area contributed by atoms with Gasteiger partial charge in [0, 0.05) is 29.3 Å². The van der Waals surface area contributed by atoms with Crippen LogP contribution in [0.4, 0.5) is 5.69 Å². The second-order valence-electron chi connectivity index (χ2n) is 7.96. The van der Waals surface area contributed by atoms with Crippen molar-refractivity contribution >= 4 is 28.7 Å². The fourth-order valence-electron chi connectivity index (χ4n) is 4.42. The Hall–Kier alpha value is -4.10. The molecule has 3 aromatic carbocycles. The molecule has 0 fully saturated rings. The zero-order valence-corrected chi connectivity index (χ0v) is 17.3. The quantitative estimate of drug-likeness (QED) is 0.568. The van der Waals surface area contributed by atoms with Gasteiger partial charge >= 0.3 is 0 Å². The number of carbonyl (C=O) groups excluding carboxylic acids is 1. The predicted octanol–water partition coefficient (Wildman–Crippen LogP) is 5.48. The van der Waals surface area contributed by atoms with Crippen LogP contribution in [0.1, 0.15) is 29.2 Å². The van der Waals surface area contributed by atoms with Crippen LogP contribution in [0.5, 0.6) is 0 Å². The van der Waals surface area contributed by atoms with Crippen molar-refractivity contribution in [2.24, 2.45) is 5.41 Å². The van der Waals surface area contributed by atoms with Crippen molar-refractivity contribution in [1.29, 1.82) is 5.26 Å². The molecule has 1 amide bonds. The monoisotopic (exact) mass is 404 g/mol. The summed E-state index contributed by atoms with van der Waals surface area (Å²) >= 11 is 0. The smallest absolute Gasteiger partial charge is 0.241 e. The third-order valence-electron chi connectivity index (χ3n) is 5.98. The topological polar surface area (TPSA) is 53.3 Å². The number of carbonyl (C=O) groups is 1. The van der Waals surface area contributed by atoms with Crippen LogP contribution >= 0.6 is 0 Å². The highest BCUT2D eigenvalue weighted by molar-refractivity contribution is 6.18. The summed E-state index contributed by atoms with van der Waals surface area (Å²) in [5, 5.41) is 9.50. The van der Waals surface area contributed by atoms with Crippen LogP contribution in [0.15, 0.2) is 84.9 Å². The van der Waals surface area contributed by atoms with E-state index in [1.54, 1.807) is 18.0 Å². The lowest BCUT2D eigenvalue weighted by Gasteiger charge is -2.43. The lowest BCUT2D eigenvalue weighted by atomic mass is 9.70. The third-order valence-corrected chi connectivity index (χ3v) is 5.98. The van der Waals surface area contributed by atoms with Crippen molar-refractivity contribution in [3.8, 4) is 6.07 Å². The maximum atomic E-state index is 13.7. The van der Waals surface area contributed by atoms with E-state index in [1.807, 2.05) is 85.8 Å². The highest BCUT2D eigenvalue weighted by Crippen LogP contribution is 2.54. The average molecular weight is 404 g/mol. The molecule has 2 aliphatic heterocycles. The number of nitrogens with zero attached hydrogens (tertiary/aromatic N) is 2. The predicted molar refractivity (Wildman–Crippen MR) is 121 cm³/mol. The summed E-state index contributed by atoms with van der Waals surface area (Å²) in [5.41, 5.74) is 3.79. The van der Waals surface area contributed by atoms with Crippen LogP contribution in [-0.4, -0.2) is 13.0 Å². The van der Waals surface area contributed by atoms with Gasteiger partial charge in [0.15, 0.2) is 0 Å². The molecular weight excluding hydrogens is 384 g/mol. The van der Waals surface area contributed by atoms with Gasteiger partial charge < -0.3 is 9.64 Å². The Kier molecular flexibility index (Phi) is 4.27. The second-order valence-corrected chi connectivity index (χ2v) is 7.96. The molecule has 1 atom stereocenters. The first-order valence-corrected chi connectivity index (χ1v) is 10.1. The first-order valence-electron chi connectivity index (χ1n) is 10.1. The Morgan fingerprint density at radius 2 is 1.58 bits per heavy atom. The number of amides is 1. The van der Waals surface area contributed by atoms with E-state index in [0.717, 1.165) is 28.0 Å². The van der Waals surface area contributed by atoms with Crippen molar-refractivity contribution in [3.05, 3.63) is 107 Å². The maximum Gasteiger partial charge on any atom is 0.241 e. The number of hydrogen-bond acceptors (Lipinski definition) is 3. The summed E-state index contributed by atoms with van der Waals surface area (Å²) in [4.78, 5) is 15.4. The molecule has 1 unspecified atom stereocenters. The SMILES string of the molecule is CN1C(=O)C2(C)C=C(c3ccccc3)OC(c3ccccc3)=C2c2cc(C#N)ccc21. The number of anilines is 1.